The van der Waals surface area contributed by atoms with Crippen LogP contribution in [0.4, 0.5) is 4.79 Å². The number of hydrogen-bond donors (Lipinski definition) is 2. The molecule has 0 spiro atoms. The Morgan fingerprint density at radius 3 is 2.46 bits per heavy atom. The van der Waals surface area contributed by atoms with E-state index in [9.17, 15) is 14.4 Å². The highest BCUT2D eigenvalue weighted by Gasteiger charge is 2.25. The molecular formula is C25H27N5O5. The van der Waals surface area contributed by atoms with E-state index in [0.717, 1.165) is 18.4 Å². The minimum Gasteiger partial charge on any atom is -0.474 e. The van der Waals surface area contributed by atoms with Crippen LogP contribution in [-0.2, 0) is 11.3 Å². The first kappa shape index (κ1) is 23.9. The second-order valence-electron chi connectivity index (χ2n) is 9.14. The molecule has 1 aromatic carbocycles. The van der Waals surface area contributed by atoms with Gasteiger partial charge in [-0.15, -0.1) is 0 Å². The van der Waals surface area contributed by atoms with Gasteiger partial charge in [0.2, 0.25) is 5.88 Å². The van der Waals surface area contributed by atoms with Crippen LogP contribution in [0.25, 0.3) is 11.4 Å². The molecule has 0 atom stereocenters. The van der Waals surface area contributed by atoms with Crippen molar-refractivity contribution in [2.24, 2.45) is 0 Å². The third-order valence-corrected chi connectivity index (χ3v) is 4.91. The first-order valence-electron chi connectivity index (χ1n) is 11.3. The highest BCUT2D eigenvalue weighted by molar-refractivity contribution is 5.94. The van der Waals surface area contributed by atoms with Gasteiger partial charge in [-0.2, -0.15) is 4.98 Å². The molecule has 2 N–H and O–H groups in total. The number of ether oxygens (including phenoxy) is 2. The zero-order chi connectivity index (χ0) is 25.0. The number of benzene rings is 1. The quantitative estimate of drug-likeness (QED) is 0.523. The van der Waals surface area contributed by atoms with Crippen LogP contribution >= 0.6 is 0 Å². The predicted octanol–water partition coefficient (Wildman–Crippen LogP) is 3.06. The number of nitrogens with zero attached hydrogens (tertiary/aromatic N) is 3. The number of hydrazine groups is 1. The lowest BCUT2D eigenvalue weighted by Gasteiger charge is -2.19. The van der Waals surface area contributed by atoms with Gasteiger partial charge >= 0.3 is 6.09 Å². The molecule has 10 nitrogen and oxygen atoms in total. The average Bonchev–Trinajstić information content (AvgIpc) is 3.63. The summed E-state index contributed by atoms with van der Waals surface area (Å²) in [4.78, 5) is 45.9. The molecule has 0 aliphatic heterocycles. The topological polar surface area (TPSA) is 124 Å². The van der Waals surface area contributed by atoms with Crippen molar-refractivity contribution in [1.29, 1.82) is 0 Å². The molecule has 0 radical (unpaired) electrons. The summed E-state index contributed by atoms with van der Waals surface area (Å²) < 4.78 is 12.3. The molecule has 1 saturated carbocycles. The summed E-state index contributed by atoms with van der Waals surface area (Å²) in [6.07, 6.45) is 2.63. The fourth-order valence-corrected chi connectivity index (χ4v) is 3.16. The molecule has 3 aromatic rings. The van der Waals surface area contributed by atoms with E-state index in [1.54, 1.807) is 32.9 Å². The van der Waals surface area contributed by atoms with Crippen molar-refractivity contribution in [2.45, 2.75) is 51.9 Å². The van der Waals surface area contributed by atoms with Crippen molar-refractivity contribution in [1.82, 2.24) is 25.4 Å². The molecule has 1 aliphatic rings. The Morgan fingerprint density at radius 1 is 1.09 bits per heavy atom. The number of rotatable bonds is 6. The second-order valence-corrected chi connectivity index (χ2v) is 9.14. The van der Waals surface area contributed by atoms with Crippen LogP contribution in [-0.4, -0.2) is 38.2 Å². The van der Waals surface area contributed by atoms with Gasteiger partial charge in [-0.05, 0) is 45.7 Å². The molecule has 10 heteroatoms. The Hall–Kier alpha value is -4.21. The first-order valence-corrected chi connectivity index (χ1v) is 11.3. The molecule has 2 aromatic heterocycles. The van der Waals surface area contributed by atoms with Crippen molar-refractivity contribution in [3.05, 3.63) is 76.3 Å². The SMILES string of the molecule is CC(C)(C)OC(=O)NNC(=O)c1ccc(Cn2c(-c3ccccc3)nc(OC3CC3)cc2=O)nc1. The summed E-state index contributed by atoms with van der Waals surface area (Å²) >= 11 is 0. The Labute approximate surface area is 202 Å². The maximum Gasteiger partial charge on any atom is 0.426 e. The van der Waals surface area contributed by atoms with Crippen molar-refractivity contribution in [2.75, 3.05) is 0 Å². The smallest absolute Gasteiger partial charge is 0.426 e. The number of amides is 2. The van der Waals surface area contributed by atoms with Crippen LogP contribution in [0.3, 0.4) is 0 Å². The summed E-state index contributed by atoms with van der Waals surface area (Å²) in [6, 6.07) is 14.0. The largest absolute Gasteiger partial charge is 0.474 e. The van der Waals surface area contributed by atoms with Gasteiger partial charge in [-0.25, -0.2) is 10.2 Å². The zero-order valence-electron chi connectivity index (χ0n) is 19.8. The van der Waals surface area contributed by atoms with Crippen molar-refractivity contribution in [3.8, 4) is 17.3 Å². The molecule has 0 saturated heterocycles. The monoisotopic (exact) mass is 477 g/mol. The molecule has 182 valence electrons. The van der Waals surface area contributed by atoms with E-state index in [-0.39, 0.29) is 23.8 Å². The minimum atomic E-state index is -0.773. The predicted molar refractivity (Wildman–Crippen MR) is 128 cm³/mol. The van der Waals surface area contributed by atoms with E-state index in [4.69, 9.17) is 9.47 Å². The number of aromatic nitrogens is 3. The molecule has 1 fully saturated rings. The van der Waals surface area contributed by atoms with Gasteiger partial charge in [-0.1, -0.05) is 30.3 Å². The highest BCUT2D eigenvalue weighted by atomic mass is 16.6. The van der Waals surface area contributed by atoms with E-state index in [1.807, 2.05) is 30.3 Å². The first-order chi connectivity index (χ1) is 16.7. The van der Waals surface area contributed by atoms with E-state index in [2.05, 4.69) is 20.8 Å². The Morgan fingerprint density at radius 2 is 1.83 bits per heavy atom. The highest BCUT2D eigenvalue weighted by Crippen LogP contribution is 2.26. The molecule has 2 heterocycles. The summed E-state index contributed by atoms with van der Waals surface area (Å²) in [5.74, 6) is 0.226. The molecule has 1 aliphatic carbocycles. The van der Waals surface area contributed by atoms with Gasteiger partial charge in [0, 0.05) is 11.8 Å². The average molecular weight is 478 g/mol. The van der Waals surface area contributed by atoms with Gasteiger partial charge < -0.3 is 9.47 Å². The van der Waals surface area contributed by atoms with Gasteiger partial charge in [0.15, 0.2) is 0 Å². The second kappa shape index (κ2) is 9.96. The maximum atomic E-state index is 13.0. The third-order valence-electron chi connectivity index (χ3n) is 4.91. The Kier molecular flexibility index (Phi) is 6.81. The van der Waals surface area contributed by atoms with E-state index >= 15 is 0 Å². The van der Waals surface area contributed by atoms with Crippen LogP contribution in [0.1, 0.15) is 49.7 Å². The number of carbonyl (C=O) groups is 2. The molecule has 4 rings (SSSR count). The zero-order valence-corrected chi connectivity index (χ0v) is 19.8. The van der Waals surface area contributed by atoms with Gasteiger partial charge in [0.1, 0.15) is 17.5 Å². The van der Waals surface area contributed by atoms with Gasteiger partial charge in [0.25, 0.3) is 11.5 Å². The van der Waals surface area contributed by atoms with Gasteiger partial charge in [0.05, 0.1) is 23.9 Å². The molecular weight excluding hydrogens is 450 g/mol. The Bertz CT molecular complexity index is 1260. The van der Waals surface area contributed by atoms with Crippen LogP contribution in [0.2, 0.25) is 0 Å². The summed E-state index contributed by atoms with van der Waals surface area (Å²) in [6.45, 7) is 5.30. The number of carbonyl (C=O) groups excluding carboxylic acids is 2. The number of hydrogen-bond acceptors (Lipinski definition) is 7. The van der Waals surface area contributed by atoms with E-state index < -0.39 is 17.6 Å². The fraction of sp³-hybridized carbons (Fsp3) is 0.320. The third kappa shape index (κ3) is 6.66. The summed E-state index contributed by atoms with van der Waals surface area (Å²) in [5, 5.41) is 0. The van der Waals surface area contributed by atoms with Crippen molar-refractivity contribution in [3.63, 3.8) is 0 Å². The molecule has 35 heavy (non-hydrogen) atoms. The maximum absolute atomic E-state index is 13.0. The molecule has 0 bridgehead atoms. The van der Waals surface area contributed by atoms with Crippen LogP contribution in [0.15, 0.2) is 59.5 Å². The number of pyridine rings is 1. The fourth-order valence-electron chi connectivity index (χ4n) is 3.16. The Balaban J connectivity index is 1.49. The standard InChI is InChI=1S/C25H27N5O5/c1-25(2,3)35-24(33)29-28-23(32)17-9-10-18(26-14-17)15-30-21(31)13-20(34-19-11-12-19)27-22(30)16-7-5-4-6-8-16/h4-10,13-14,19H,11-12,15H2,1-3H3,(H,28,32)(H,29,33). The lowest BCUT2D eigenvalue weighted by atomic mass is 10.2. The van der Waals surface area contributed by atoms with E-state index in [0.29, 0.717) is 17.4 Å². The summed E-state index contributed by atoms with van der Waals surface area (Å²) in [7, 11) is 0. The van der Waals surface area contributed by atoms with Crippen LogP contribution < -0.4 is 21.1 Å². The lowest BCUT2D eigenvalue weighted by Crippen LogP contribution is -2.44. The van der Waals surface area contributed by atoms with Crippen molar-refractivity contribution >= 4 is 12.0 Å². The summed E-state index contributed by atoms with van der Waals surface area (Å²) in [5.41, 5.74) is 5.07. The number of nitrogens with one attached hydrogen (secondary N) is 2. The van der Waals surface area contributed by atoms with E-state index in [1.165, 1.54) is 16.8 Å². The normalized spacial score (nSPS) is 13.1. The molecule has 0 unspecified atom stereocenters. The van der Waals surface area contributed by atoms with Crippen molar-refractivity contribution < 1.29 is 19.1 Å². The minimum absolute atomic E-state index is 0.117. The van der Waals surface area contributed by atoms with Crippen LogP contribution in [0, 0.1) is 0 Å². The lowest BCUT2D eigenvalue weighted by molar-refractivity contribution is 0.0483. The van der Waals surface area contributed by atoms with Crippen LogP contribution in [0.5, 0.6) is 5.88 Å². The molecule has 2 amide bonds. The van der Waals surface area contributed by atoms with Gasteiger partial charge in [-0.3, -0.25) is 24.6 Å².